The number of hydrogen-bond acceptors (Lipinski definition) is 6. The van der Waals surface area contributed by atoms with Gasteiger partial charge in [0.25, 0.3) is 0 Å². The molecular weight excluding hydrogens is 364 g/mol. The Hall–Kier alpha value is -3.00. The van der Waals surface area contributed by atoms with Crippen molar-refractivity contribution in [1.82, 2.24) is 19.3 Å². The fourth-order valence-electron chi connectivity index (χ4n) is 2.89. The number of rotatable bonds is 8. The van der Waals surface area contributed by atoms with Gasteiger partial charge in [-0.25, -0.2) is 4.79 Å². The molecule has 0 amide bonds. The van der Waals surface area contributed by atoms with Crippen LogP contribution in [0.4, 0.5) is 0 Å². The summed E-state index contributed by atoms with van der Waals surface area (Å²) in [5.74, 6) is 1.82. The molecule has 7 nitrogen and oxygen atoms in total. The summed E-state index contributed by atoms with van der Waals surface area (Å²) >= 11 is 1.59. The van der Waals surface area contributed by atoms with E-state index in [1.807, 2.05) is 34.9 Å². The summed E-state index contributed by atoms with van der Waals surface area (Å²) in [5, 5.41) is 9.31. The molecule has 8 heteroatoms. The van der Waals surface area contributed by atoms with E-state index in [-0.39, 0.29) is 5.76 Å². The van der Waals surface area contributed by atoms with E-state index < -0.39 is 0 Å². The van der Waals surface area contributed by atoms with Gasteiger partial charge in [-0.3, -0.25) is 9.13 Å². The van der Waals surface area contributed by atoms with Crippen molar-refractivity contribution < 1.29 is 8.83 Å². The Balaban J connectivity index is 1.44. The second kappa shape index (κ2) is 7.71. The number of aromatic nitrogens is 4. The average molecular weight is 382 g/mol. The Bertz CT molecular complexity index is 1110. The Morgan fingerprint density at radius 1 is 1.15 bits per heavy atom. The average Bonchev–Trinajstić information content (AvgIpc) is 3.39. The maximum Gasteiger partial charge on any atom is 0.419 e. The van der Waals surface area contributed by atoms with Crippen molar-refractivity contribution in [2.45, 2.75) is 24.7 Å². The van der Waals surface area contributed by atoms with Crippen molar-refractivity contribution in [2.24, 2.45) is 0 Å². The molecule has 0 atom stereocenters. The van der Waals surface area contributed by atoms with E-state index in [2.05, 4.69) is 16.8 Å². The van der Waals surface area contributed by atoms with Gasteiger partial charge in [-0.05, 0) is 30.7 Å². The van der Waals surface area contributed by atoms with E-state index in [0.29, 0.717) is 30.3 Å². The minimum Gasteiger partial charge on any atom is -0.461 e. The maximum atomic E-state index is 12.0. The van der Waals surface area contributed by atoms with Crippen LogP contribution in [0, 0.1) is 0 Å². The lowest BCUT2D eigenvalue weighted by molar-refractivity contribution is 0.503. The molecule has 3 heterocycles. The van der Waals surface area contributed by atoms with Crippen LogP contribution in [0.3, 0.4) is 0 Å². The number of aryl methyl sites for hydroxylation is 1. The van der Waals surface area contributed by atoms with Crippen LogP contribution < -0.4 is 5.76 Å². The highest BCUT2D eigenvalue weighted by Crippen LogP contribution is 2.25. The van der Waals surface area contributed by atoms with Crippen molar-refractivity contribution in [3.8, 4) is 11.6 Å². The number of nitrogens with zero attached hydrogens (tertiary/aromatic N) is 4. The first-order valence-electron chi connectivity index (χ1n) is 8.57. The molecule has 0 spiro atoms. The molecule has 0 radical (unpaired) electrons. The van der Waals surface area contributed by atoms with Crippen molar-refractivity contribution >= 4 is 22.9 Å². The van der Waals surface area contributed by atoms with Crippen LogP contribution in [0.2, 0.25) is 0 Å². The summed E-state index contributed by atoms with van der Waals surface area (Å²) in [6, 6.07) is 11.1. The molecule has 0 fully saturated rings. The molecule has 0 saturated heterocycles. The van der Waals surface area contributed by atoms with Crippen molar-refractivity contribution in [3.63, 3.8) is 0 Å². The number of benzene rings is 1. The van der Waals surface area contributed by atoms with E-state index in [9.17, 15) is 4.79 Å². The van der Waals surface area contributed by atoms with Crippen molar-refractivity contribution in [2.75, 3.05) is 5.75 Å². The van der Waals surface area contributed by atoms with Crippen molar-refractivity contribution in [3.05, 3.63) is 65.9 Å². The van der Waals surface area contributed by atoms with Gasteiger partial charge < -0.3 is 8.83 Å². The summed E-state index contributed by atoms with van der Waals surface area (Å²) < 4.78 is 14.3. The van der Waals surface area contributed by atoms with E-state index in [0.717, 1.165) is 22.8 Å². The minimum absolute atomic E-state index is 0.323. The molecule has 138 valence electrons. The van der Waals surface area contributed by atoms with Gasteiger partial charge in [0.1, 0.15) is 0 Å². The molecule has 1 aromatic carbocycles. The highest BCUT2D eigenvalue weighted by molar-refractivity contribution is 7.99. The SMILES string of the molecule is C=CCn1c(SCCCn2c(=O)oc3ccccc32)nnc1-c1ccco1. The number of para-hydroxylation sites is 2. The lowest BCUT2D eigenvalue weighted by atomic mass is 10.3. The van der Waals surface area contributed by atoms with Crippen LogP contribution in [0.25, 0.3) is 22.7 Å². The van der Waals surface area contributed by atoms with E-state index in [1.165, 1.54) is 0 Å². The van der Waals surface area contributed by atoms with Gasteiger partial charge in [0.15, 0.2) is 16.5 Å². The van der Waals surface area contributed by atoms with Crippen LogP contribution in [-0.2, 0) is 13.1 Å². The van der Waals surface area contributed by atoms with Crippen molar-refractivity contribution in [1.29, 1.82) is 0 Å². The van der Waals surface area contributed by atoms with Crippen LogP contribution in [0.5, 0.6) is 0 Å². The molecule has 0 aliphatic heterocycles. The van der Waals surface area contributed by atoms with Crippen LogP contribution >= 0.6 is 11.8 Å². The third kappa shape index (κ3) is 3.48. The third-order valence-corrected chi connectivity index (χ3v) is 5.15. The highest BCUT2D eigenvalue weighted by Gasteiger charge is 2.15. The normalized spacial score (nSPS) is 11.3. The molecule has 0 saturated carbocycles. The van der Waals surface area contributed by atoms with E-state index >= 15 is 0 Å². The number of hydrogen-bond donors (Lipinski definition) is 0. The Labute approximate surface area is 159 Å². The Morgan fingerprint density at radius 3 is 2.85 bits per heavy atom. The van der Waals surface area contributed by atoms with Gasteiger partial charge in [-0.1, -0.05) is 30.0 Å². The molecule has 0 unspecified atom stereocenters. The predicted octanol–water partition coefficient (Wildman–Crippen LogP) is 3.81. The largest absolute Gasteiger partial charge is 0.461 e. The summed E-state index contributed by atoms with van der Waals surface area (Å²) in [5.41, 5.74) is 1.44. The molecule has 4 rings (SSSR count). The van der Waals surface area contributed by atoms with Gasteiger partial charge in [0.05, 0.1) is 11.8 Å². The lowest BCUT2D eigenvalue weighted by Crippen LogP contribution is -2.14. The summed E-state index contributed by atoms with van der Waals surface area (Å²) in [4.78, 5) is 12.0. The molecule has 0 bridgehead atoms. The van der Waals surface area contributed by atoms with Gasteiger partial charge in [-0.2, -0.15) is 0 Å². The fraction of sp³-hybridized carbons (Fsp3) is 0.211. The topological polar surface area (TPSA) is 79.0 Å². The quantitative estimate of drug-likeness (QED) is 0.262. The van der Waals surface area contributed by atoms with E-state index in [4.69, 9.17) is 8.83 Å². The van der Waals surface area contributed by atoms with E-state index in [1.54, 1.807) is 34.7 Å². The first-order chi connectivity index (χ1) is 13.3. The molecule has 4 aromatic rings. The van der Waals surface area contributed by atoms with Crippen LogP contribution in [0.1, 0.15) is 6.42 Å². The zero-order chi connectivity index (χ0) is 18.6. The molecule has 0 aliphatic carbocycles. The Morgan fingerprint density at radius 2 is 2.04 bits per heavy atom. The number of allylic oxidation sites excluding steroid dienone is 1. The molecule has 0 N–H and O–H groups in total. The fourth-order valence-corrected chi connectivity index (χ4v) is 3.76. The summed E-state index contributed by atoms with van der Waals surface area (Å²) in [6.07, 6.45) is 4.21. The number of fused-ring (bicyclic) bond motifs is 1. The van der Waals surface area contributed by atoms with Gasteiger partial charge in [0, 0.05) is 18.8 Å². The zero-order valence-electron chi connectivity index (χ0n) is 14.6. The smallest absolute Gasteiger partial charge is 0.419 e. The van der Waals surface area contributed by atoms with Gasteiger partial charge >= 0.3 is 5.76 Å². The molecular formula is C19H18N4O3S. The summed E-state index contributed by atoms with van der Waals surface area (Å²) in [7, 11) is 0. The first-order valence-corrected chi connectivity index (χ1v) is 9.55. The van der Waals surface area contributed by atoms with Crippen LogP contribution in [-0.4, -0.2) is 25.1 Å². The molecule has 27 heavy (non-hydrogen) atoms. The van der Waals surface area contributed by atoms with Gasteiger partial charge in [-0.15, -0.1) is 16.8 Å². The van der Waals surface area contributed by atoms with Crippen LogP contribution in [0.15, 0.2) is 74.1 Å². The Kier molecular flexibility index (Phi) is 4.97. The van der Waals surface area contributed by atoms with Gasteiger partial charge in [0.2, 0.25) is 5.82 Å². The second-order valence-electron chi connectivity index (χ2n) is 5.87. The monoisotopic (exact) mass is 382 g/mol. The first kappa shape index (κ1) is 17.4. The zero-order valence-corrected chi connectivity index (χ0v) is 15.4. The third-order valence-electron chi connectivity index (χ3n) is 4.10. The standard InChI is InChI=1S/C19H18N4O3S/c1-2-10-23-17(16-9-5-12-25-16)20-21-18(23)27-13-6-11-22-14-7-3-4-8-15(14)26-19(22)24/h2-5,7-9,12H,1,6,10-11,13H2. The predicted molar refractivity (Wildman–Crippen MR) is 104 cm³/mol. The summed E-state index contributed by atoms with van der Waals surface area (Å²) in [6.45, 7) is 4.98. The number of furan rings is 1. The molecule has 0 aliphatic rings. The molecule has 3 aromatic heterocycles. The lowest BCUT2D eigenvalue weighted by Gasteiger charge is -2.06. The number of thioether (sulfide) groups is 1. The minimum atomic E-state index is -0.323. The highest BCUT2D eigenvalue weighted by atomic mass is 32.2. The number of oxazole rings is 1. The maximum absolute atomic E-state index is 12.0. The second-order valence-corrected chi connectivity index (χ2v) is 6.93.